The maximum absolute atomic E-state index is 5.37. The Morgan fingerprint density at radius 2 is 1.69 bits per heavy atom. The Balaban J connectivity index is 2.57. The first-order valence-electron chi connectivity index (χ1n) is 5.05. The molecule has 81 valence electrons. The molecule has 0 aliphatic heterocycles. The molecule has 0 saturated carbocycles. The molecule has 2 nitrogen and oxygen atoms in total. The summed E-state index contributed by atoms with van der Waals surface area (Å²) in [7, 11) is 3.25. The van der Waals surface area contributed by atoms with Crippen molar-refractivity contribution in [2.24, 2.45) is 0 Å². The van der Waals surface area contributed by atoms with E-state index in [1.165, 1.54) is 0 Å². The highest BCUT2D eigenvalue weighted by atomic mass is 16.5. The second-order valence-corrected chi connectivity index (χ2v) is 3.32. The Labute approximate surface area is 95.4 Å². The second kappa shape index (κ2) is 4.71. The van der Waals surface area contributed by atoms with Gasteiger partial charge in [0.25, 0.3) is 0 Å². The SMILES string of the molecule is COc1[c]ccc(-c2ccccc2)c1OC. The summed E-state index contributed by atoms with van der Waals surface area (Å²) in [5.74, 6) is 1.35. The van der Waals surface area contributed by atoms with E-state index in [1.54, 1.807) is 14.2 Å². The van der Waals surface area contributed by atoms with Crippen molar-refractivity contribution in [2.75, 3.05) is 14.2 Å². The molecule has 1 radical (unpaired) electrons. The average molecular weight is 213 g/mol. The summed E-state index contributed by atoms with van der Waals surface area (Å²) in [5, 5.41) is 0. The molecule has 0 heterocycles. The van der Waals surface area contributed by atoms with Crippen LogP contribution in [0.25, 0.3) is 11.1 Å². The summed E-state index contributed by atoms with van der Waals surface area (Å²) < 4.78 is 10.6. The summed E-state index contributed by atoms with van der Waals surface area (Å²) in [6.07, 6.45) is 0. The fraction of sp³-hybridized carbons (Fsp3) is 0.143. The Kier molecular flexibility index (Phi) is 3.10. The zero-order chi connectivity index (χ0) is 11.4. The van der Waals surface area contributed by atoms with Crippen LogP contribution in [-0.2, 0) is 0 Å². The molecule has 16 heavy (non-hydrogen) atoms. The second-order valence-electron chi connectivity index (χ2n) is 3.32. The Morgan fingerprint density at radius 1 is 0.938 bits per heavy atom. The molecule has 2 rings (SSSR count). The molecule has 0 bridgehead atoms. The summed E-state index contributed by atoms with van der Waals surface area (Å²) in [4.78, 5) is 0. The third-order valence-corrected chi connectivity index (χ3v) is 2.41. The molecule has 2 heteroatoms. The van der Waals surface area contributed by atoms with Gasteiger partial charge in [-0.15, -0.1) is 0 Å². The highest BCUT2D eigenvalue weighted by Crippen LogP contribution is 2.37. The lowest BCUT2D eigenvalue weighted by Crippen LogP contribution is -1.93. The zero-order valence-corrected chi connectivity index (χ0v) is 9.36. The van der Waals surface area contributed by atoms with Gasteiger partial charge in [-0.05, 0) is 17.7 Å². The normalized spacial score (nSPS) is 9.88. The number of rotatable bonds is 3. The molecule has 0 aromatic heterocycles. The molecule has 0 fully saturated rings. The van der Waals surface area contributed by atoms with Crippen LogP contribution in [0.3, 0.4) is 0 Å². The van der Waals surface area contributed by atoms with Crippen LogP contribution in [0.2, 0.25) is 0 Å². The molecule has 0 spiro atoms. The molecular formula is C14H13O2. The minimum Gasteiger partial charge on any atom is -0.492 e. The summed E-state index contributed by atoms with van der Waals surface area (Å²) >= 11 is 0. The number of hydrogen-bond donors (Lipinski definition) is 0. The van der Waals surface area contributed by atoms with Crippen molar-refractivity contribution in [2.45, 2.75) is 0 Å². The summed E-state index contributed by atoms with van der Waals surface area (Å²) in [6.45, 7) is 0. The topological polar surface area (TPSA) is 18.5 Å². The Morgan fingerprint density at radius 3 is 2.31 bits per heavy atom. The van der Waals surface area contributed by atoms with Crippen LogP contribution in [0.4, 0.5) is 0 Å². The first-order chi connectivity index (χ1) is 7.86. The van der Waals surface area contributed by atoms with E-state index in [9.17, 15) is 0 Å². The molecule has 0 unspecified atom stereocenters. The fourth-order valence-corrected chi connectivity index (χ4v) is 1.66. The molecule has 0 amide bonds. The minimum atomic E-state index is 0.629. The van der Waals surface area contributed by atoms with Gasteiger partial charge in [0, 0.05) is 11.6 Å². The van der Waals surface area contributed by atoms with Crippen LogP contribution in [-0.4, -0.2) is 14.2 Å². The Hall–Kier alpha value is -1.96. The van der Waals surface area contributed by atoms with Crippen molar-refractivity contribution in [1.82, 2.24) is 0 Å². The monoisotopic (exact) mass is 213 g/mol. The van der Waals surface area contributed by atoms with Gasteiger partial charge >= 0.3 is 0 Å². The first-order valence-corrected chi connectivity index (χ1v) is 5.05. The third-order valence-electron chi connectivity index (χ3n) is 2.41. The van der Waals surface area contributed by atoms with Crippen LogP contribution in [0.15, 0.2) is 42.5 Å². The van der Waals surface area contributed by atoms with Crippen LogP contribution < -0.4 is 9.47 Å². The van der Waals surface area contributed by atoms with Gasteiger partial charge in [0.1, 0.15) is 0 Å². The number of ether oxygens (including phenoxy) is 2. The van der Waals surface area contributed by atoms with Crippen molar-refractivity contribution in [3.8, 4) is 22.6 Å². The molecule has 2 aromatic rings. The molecular weight excluding hydrogens is 200 g/mol. The van der Waals surface area contributed by atoms with Crippen molar-refractivity contribution < 1.29 is 9.47 Å². The van der Waals surface area contributed by atoms with Crippen LogP contribution >= 0.6 is 0 Å². The van der Waals surface area contributed by atoms with E-state index in [4.69, 9.17) is 9.47 Å². The quantitative estimate of drug-likeness (QED) is 0.779. The van der Waals surface area contributed by atoms with Crippen LogP contribution in [0.5, 0.6) is 11.5 Å². The van der Waals surface area contributed by atoms with Gasteiger partial charge in [0.15, 0.2) is 11.5 Å². The van der Waals surface area contributed by atoms with Crippen LogP contribution in [0, 0.1) is 6.07 Å². The number of hydrogen-bond acceptors (Lipinski definition) is 2. The molecule has 0 aliphatic carbocycles. The van der Waals surface area contributed by atoms with E-state index in [1.807, 2.05) is 42.5 Å². The number of methoxy groups -OCH3 is 2. The van der Waals surface area contributed by atoms with Gasteiger partial charge in [0.05, 0.1) is 14.2 Å². The van der Waals surface area contributed by atoms with Gasteiger partial charge in [0.2, 0.25) is 0 Å². The predicted octanol–water partition coefficient (Wildman–Crippen LogP) is 3.17. The summed E-state index contributed by atoms with van der Waals surface area (Å²) in [5.41, 5.74) is 2.12. The van der Waals surface area contributed by atoms with E-state index in [2.05, 4.69) is 6.07 Å². The maximum atomic E-state index is 5.37. The van der Waals surface area contributed by atoms with Gasteiger partial charge in [-0.3, -0.25) is 0 Å². The average Bonchev–Trinajstić information content (AvgIpc) is 2.38. The Bertz CT molecular complexity index is 463. The van der Waals surface area contributed by atoms with Crippen molar-refractivity contribution in [1.29, 1.82) is 0 Å². The van der Waals surface area contributed by atoms with Gasteiger partial charge in [-0.2, -0.15) is 0 Å². The highest BCUT2D eigenvalue weighted by Gasteiger charge is 2.10. The first kappa shape index (κ1) is 10.6. The van der Waals surface area contributed by atoms with Gasteiger partial charge < -0.3 is 9.47 Å². The fourth-order valence-electron chi connectivity index (χ4n) is 1.66. The summed E-state index contributed by atoms with van der Waals surface area (Å²) in [6, 6.07) is 16.9. The zero-order valence-electron chi connectivity index (χ0n) is 9.36. The van der Waals surface area contributed by atoms with E-state index in [0.717, 1.165) is 16.9 Å². The lowest BCUT2D eigenvalue weighted by molar-refractivity contribution is 0.355. The van der Waals surface area contributed by atoms with E-state index in [-0.39, 0.29) is 0 Å². The van der Waals surface area contributed by atoms with Crippen molar-refractivity contribution >= 4 is 0 Å². The standard InChI is InChI=1S/C14H13O2/c1-15-13-10-6-9-12(14(13)16-2)11-7-4-3-5-8-11/h3-9H,1-2H3. The predicted molar refractivity (Wildman–Crippen MR) is 63.8 cm³/mol. The molecule has 0 atom stereocenters. The minimum absolute atomic E-state index is 0.629. The molecule has 0 aliphatic rings. The van der Waals surface area contributed by atoms with Crippen molar-refractivity contribution in [3.63, 3.8) is 0 Å². The van der Waals surface area contributed by atoms with E-state index < -0.39 is 0 Å². The van der Waals surface area contributed by atoms with Crippen molar-refractivity contribution in [3.05, 3.63) is 48.5 Å². The molecule has 2 aromatic carbocycles. The highest BCUT2D eigenvalue weighted by molar-refractivity contribution is 5.73. The third kappa shape index (κ3) is 1.87. The van der Waals surface area contributed by atoms with E-state index >= 15 is 0 Å². The number of benzene rings is 2. The lowest BCUT2D eigenvalue weighted by Gasteiger charge is -2.12. The molecule has 0 N–H and O–H groups in total. The smallest absolute Gasteiger partial charge is 0.169 e. The van der Waals surface area contributed by atoms with Gasteiger partial charge in [-0.1, -0.05) is 30.3 Å². The largest absolute Gasteiger partial charge is 0.492 e. The maximum Gasteiger partial charge on any atom is 0.169 e. The lowest BCUT2D eigenvalue weighted by atomic mass is 10.0. The van der Waals surface area contributed by atoms with E-state index in [0.29, 0.717) is 5.75 Å². The van der Waals surface area contributed by atoms with Crippen LogP contribution in [0.1, 0.15) is 0 Å². The molecule has 0 saturated heterocycles. The van der Waals surface area contributed by atoms with Gasteiger partial charge in [-0.25, -0.2) is 0 Å².